The van der Waals surface area contributed by atoms with Crippen LogP contribution in [0.25, 0.3) is 0 Å². The molecule has 2 heteroatoms. The quantitative estimate of drug-likeness (QED) is 0.421. The zero-order valence-corrected chi connectivity index (χ0v) is 9.42. The van der Waals surface area contributed by atoms with Crippen molar-refractivity contribution in [2.24, 2.45) is 5.92 Å². The standard InChI is InChI=1S/C12H22O2/c1-3-4-5-8-12(14)9-6-7-11(2)10-13/h10-11H,3-9H2,1-2H3. The molecule has 14 heavy (non-hydrogen) atoms. The number of hydrogen-bond donors (Lipinski definition) is 0. The first-order valence-electron chi connectivity index (χ1n) is 5.67. The highest BCUT2D eigenvalue weighted by atomic mass is 16.1. The fourth-order valence-electron chi connectivity index (χ4n) is 1.39. The van der Waals surface area contributed by atoms with Crippen LogP contribution in [0.15, 0.2) is 0 Å². The molecule has 0 saturated heterocycles. The summed E-state index contributed by atoms with van der Waals surface area (Å²) in [6.45, 7) is 4.03. The van der Waals surface area contributed by atoms with Gasteiger partial charge in [0.2, 0.25) is 0 Å². The molecule has 0 aliphatic heterocycles. The minimum absolute atomic E-state index is 0.110. The van der Waals surface area contributed by atoms with Crippen LogP contribution in [0.4, 0.5) is 0 Å². The van der Waals surface area contributed by atoms with Gasteiger partial charge in [0.05, 0.1) is 0 Å². The number of hydrogen-bond acceptors (Lipinski definition) is 2. The van der Waals surface area contributed by atoms with Crippen LogP contribution in [-0.4, -0.2) is 12.1 Å². The van der Waals surface area contributed by atoms with Gasteiger partial charge in [0.15, 0.2) is 0 Å². The van der Waals surface area contributed by atoms with E-state index in [1.807, 2.05) is 6.92 Å². The van der Waals surface area contributed by atoms with E-state index in [0.717, 1.165) is 44.8 Å². The van der Waals surface area contributed by atoms with Crippen molar-refractivity contribution in [2.45, 2.75) is 58.8 Å². The first-order valence-corrected chi connectivity index (χ1v) is 5.67. The zero-order chi connectivity index (χ0) is 10.8. The maximum absolute atomic E-state index is 11.3. The van der Waals surface area contributed by atoms with Crippen molar-refractivity contribution in [1.82, 2.24) is 0 Å². The second-order valence-electron chi connectivity index (χ2n) is 4.00. The molecule has 0 N–H and O–H groups in total. The van der Waals surface area contributed by atoms with Crippen molar-refractivity contribution < 1.29 is 9.59 Å². The lowest BCUT2D eigenvalue weighted by atomic mass is 10.0. The molecule has 0 aliphatic carbocycles. The maximum Gasteiger partial charge on any atom is 0.132 e. The van der Waals surface area contributed by atoms with Crippen LogP contribution in [0, 0.1) is 5.92 Å². The average molecular weight is 198 g/mol. The molecule has 0 radical (unpaired) electrons. The summed E-state index contributed by atoms with van der Waals surface area (Å²) in [4.78, 5) is 21.6. The third-order valence-corrected chi connectivity index (χ3v) is 2.41. The van der Waals surface area contributed by atoms with Gasteiger partial charge >= 0.3 is 0 Å². The summed E-state index contributed by atoms with van der Waals surface area (Å²) in [5.74, 6) is 0.468. The Morgan fingerprint density at radius 1 is 1.21 bits per heavy atom. The molecule has 0 amide bonds. The summed E-state index contributed by atoms with van der Waals surface area (Å²) in [7, 11) is 0. The number of rotatable bonds is 9. The Hall–Kier alpha value is -0.660. The van der Waals surface area contributed by atoms with Crippen molar-refractivity contribution in [2.75, 3.05) is 0 Å². The van der Waals surface area contributed by atoms with Crippen LogP contribution < -0.4 is 0 Å². The molecule has 0 spiro atoms. The maximum atomic E-state index is 11.3. The number of carbonyl (C=O) groups is 2. The van der Waals surface area contributed by atoms with E-state index in [9.17, 15) is 9.59 Å². The Morgan fingerprint density at radius 3 is 2.43 bits per heavy atom. The van der Waals surface area contributed by atoms with Crippen LogP contribution >= 0.6 is 0 Å². The van der Waals surface area contributed by atoms with Gasteiger partial charge in [-0.3, -0.25) is 4.79 Å². The SMILES string of the molecule is CCCCCC(=O)CCCC(C)C=O. The van der Waals surface area contributed by atoms with Crippen LogP contribution in [0.3, 0.4) is 0 Å². The first kappa shape index (κ1) is 13.3. The highest BCUT2D eigenvalue weighted by Gasteiger charge is 2.04. The Bertz CT molecular complexity index is 164. The molecule has 0 rings (SSSR count). The Kier molecular flexibility index (Phi) is 8.50. The normalized spacial score (nSPS) is 12.4. The Balaban J connectivity index is 3.30. The predicted octanol–water partition coefficient (Wildman–Crippen LogP) is 3.14. The van der Waals surface area contributed by atoms with Crippen molar-refractivity contribution in [3.63, 3.8) is 0 Å². The fraction of sp³-hybridized carbons (Fsp3) is 0.833. The van der Waals surface area contributed by atoms with E-state index in [2.05, 4.69) is 6.92 Å². The van der Waals surface area contributed by atoms with E-state index in [0.29, 0.717) is 12.2 Å². The highest BCUT2D eigenvalue weighted by molar-refractivity contribution is 5.78. The summed E-state index contributed by atoms with van der Waals surface area (Å²) >= 11 is 0. The third kappa shape index (κ3) is 7.96. The summed E-state index contributed by atoms with van der Waals surface area (Å²) in [5, 5.41) is 0. The number of carbonyl (C=O) groups excluding carboxylic acids is 2. The third-order valence-electron chi connectivity index (χ3n) is 2.41. The molecule has 0 fully saturated rings. The molecule has 0 aromatic carbocycles. The van der Waals surface area contributed by atoms with E-state index in [1.54, 1.807) is 0 Å². The Morgan fingerprint density at radius 2 is 1.86 bits per heavy atom. The van der Waals surface area contributed by atoms with Gasteiger partial charge in [-0.25, -0.2) is 0 Å². The average Bonchev–Trinajstić information content (AvgIpc) is 2.18. The molecular formula is C12H22O2. The Labute approximate surface area is 87.1 Å². The molecule has 82 valence electrons. The van der Waals surface area contributed by atoms with Gasteiger partial charge in [-0.15, -0.1) is 0 Å². The van der Waals surface area contributed by atoms with Gasteiger partial charge in [-0.2, -0.15) is 0 Å². The predicted molar refractivity (Wildman–Crippen MR) is 58.2 cm³/mol. The number of ketones is 1. The molecular weight excluding hydrogens is 176 g/mol. The highest BCUT2D eigenvalue weighted by Crippen LogP contribution is 2.08. The molecule has 1 unspecified atom stereocenters. The van der Waals surface area contributed by atoms with E-state index in [4.69, 9.17) is 0 Å². The van der Waals surface area contributed by atoms with Crippen LogP contribution in [0.5, 0.6) is 0 Å². The number of aldehydes is 1. The molecule has 0 heterocycles. The van der Waals surface area contributed by atoms with Crippen molar-refractivity contribution in [3.05, 3.63) is 0 Å². The lowest BCUT2D eigenvalue weighted by molar-refractivity contribution is -0.119. The van der Waals surface area contributed by atoms with E-state index in [1.165, 1.54) is 0 Å². The zero-order valence-electron chi connectivity index (χ0n) is 9.42. The number of unbranched alkanes of at least 4 members (excludes halogenated alkanes) is 2. The minimum atomic E-state index is 0.110. The van der Waals surface area contributed by atoms with Gasteiger partial charge < -0.3 is 4.79 Å². The first-order chi connectivity index (χ1) is 6.70. The molecule has 0 aliphatic rings. The molecule has 0 aromatic heterocycles. The van der Waals surface area contributed by atoms with Crippen LogP contribution in [-0.2, 0) is 9.59 Å². The van der Waals surface area contributed by atoms with Gasteiger partial charge in [-0.05, 0) is 19.3 Å². The summed E-state index contributed by atoms with van der Waals surface area (Å²) < 4.78 is 0. The molecule has 0 saturated carbocycles. The van der Waals surface area contributed by atoms with E-state index in [-0.39, 0.29) is 5.92 Å². The number of Topliss-reactive ketones (excluding diaryl/α,β-unsaturated/α-hetero) is 1. The monoisotopic (exact) mass is 198 g/mol. The summed E-state index contributed by atoms with van der Waals surface area (Å²) in [5.41, 5.74) is 0. The van der Waals surface area contributed by atoms with Crippen molar-refractivity contribution in [3.8, 4) is 0 Å². The van der Waals surface area contributed by atoms with Crippen molar-refractivity contribution >= 4 is 12.1 Å². The fourth-order valence-corrected chi connectivity index (χ4v) is 1.39. The lowest BCUT2D eigenvalue weighted by Gasteiger charge is -2.02. The van der Waals surface area contributed by atoms with Crippen LogP contribution in [0.2, 0.25) is 0 Å². The minimum Gasteiger partial charge on any atom is -0.303 e. The molecule has 0 bridgehead atoms. The second-order valence-corrected chi connectivity index (χ2v) is 4.00. The topological polar surface area (TPSA) is 34.1 Å². The summed E-state index contributed by atoms with van der Waals surface area (Å²) in [6.07, 6.45) is 7.39. The van der Waals surface area contributed by atoms with Gasteiger partial charge in [0.25, 0.3) is 0 Å². The smallest absolute Gasteiger partial charge is 0.132 e. The lowest BCUT2D eigenvalue weighted by Crippen LogP contribution is -2.01. The van der Waals surface area contributed by atoms with Crippen molar-refractivity contribution in [1.29, 1.82) is 0 Å². The van der Waals surface area contributed by atoms with Crippen LogP contribution in [0.1, 0.15) is 58.8 Å². The molecule has 2 nitrogen and oxygen atoms in total. The largest absolute Gasteiger partial charge is 0.303 e. The summed E-state index contributed by atoms with van der Waals surface area (Å²) in [6, 6.07) is 0. The molecule has 0 aromatic rings. The van der Waals surface area contributed by atoms with E-state index >= 15 is 0 Å². The van der Waals surface area contributed by atoms with E-state index < -0.39 is 0 Å². The van der Waals surface area contributed by atoms with Gasteiger partial charge in [-0.1, -0.05) is 26.7 Å². The van der Waals surface area contributed by atoms with Gasteiger partial charge in [0.1, 0.15) is 12.1 Å². The molecule has 1 atom stereocenters. The second kappa shape index (κ2) is 8.92. The van der Waals surface area contributed by atoms with Gasteiger partial charge in [0, 0.05) is 18.8 Å².